The largest absolute Gasteiger partial charge is 0.453 e. The average molecular weight is 684 g/mol. The molecule has 4 aromatic rings. The molecule has 2 atom stereocenters. The minimum Gasteiger partial charge on any atom is -0.453 e. The number of imidazole rings is 2. The third kappa shape index (κ3) is 9.46. The molecule has 266 valence electrons. The highest BCUT2D eigenvalue weighted by atomic mass is 16.6. The van der Waals surface area contributed by atoms with Gasteiger partial charge in [-0.3, -0.25) is 14.4 Å². The van der Waals surface area contributed by atoms with Crippen LogP contribution in [0.2, 0.25) is 0 Å². The van der Waals surface area contributed by atoms with Gasteiger partial charge in [-0.15, -0.1) is 0 Å². The van der Waals surface area contributed by atoms with Gasteiger partial charge in [-0.1, -0.05) is 90.1 Å². The molecule has 50 heavy (non-hydrogen) atoms. The lowest BCUT2D eigenvalue weighted by Crippen LogP contribution is -2.45. The van der Waals surface area contributed by atoms with Crippen molar-refractivity contribution in [3.05, 3.63) is 72.6 Å². The molecule has 0 radical (unpaired) electrons. The zero-order chi connectivity index (χ0) is 37.0. The third-order valence-electron chi connectivity index (χ3n) is 7.87. The third-order valence-corrected chi connectivity index (χ3v) is 7.87. The Morgan fingerprint density at radius 1 is 0.620 bits per heavy atom. The fourth-order valence-electron chi connectivity index (χ4n) is 5.29. The Morgan fingerprint density at radius 2 is 1.00 bits per heavy atom. The second-order valence-electron chi connectivity index (χ2n) is 15.4. The molecule has 0 saturated carbocycles. The molecule has 2 aromatic carbocycles. The van der Waals surface area contributed by atoms with E-state index in [2.05, 4.69) is 35.9 Å². The van der Waals surface area contributed by atoms with Crippen LogP contribution < -0.4 is 16.0 Å². The zero-order valence-electron chi connectivity index (χ0n) is 30.6. The lowest BCUT2D eigenvalue weighted by Gasteiger charge is -2.30. The summed E-state index contributed by atoms with van der Waals surface area (Å²) in [4.78, 5) is 65.3. The smallest absolute Gasteiger partial charge is 0.397 e. The van der Waals surface area contributed by atoms with Gasteiger partial charge in [0.1, 0.15) is 17.2 Å². The van der Waals surface area contributed by atoms with Crippen molar-refractivity contribution >= 4 is 23.7 Å². The van der Waals surface area contributed by atoms with Crippen molar-refractivity contribution in [2.45, 2.75) is 86.9 Å². The highest BCUT2D eigenvalue weighted by molar-refractivity contribution is 6.35. The van der Waals surface area contributed by atoms with E-state index >= 15 is 0 Å². The first kappa shape index (κ1) is 37.6. The predicted molar refractivity (Wildman–Crippen MR) is 192 cm³/mol. The maximum absolute atomic E-state index is 12.7. The van der Waals surface area contributed by atoms with Crippen LogP contribution in [-0.2, 0) is 23.9 Å². The van der Waals surface area contributed by atoms with Crippen molar-refractivity contribution in [1.29, 1.82) is 0 Å². The molecule has 2 unspecified atom stereocenters. The van der Waals surface area contributed by atoms with Crippen LogP contribution in [0.1, 0.15) is 93.0 Å². The number of esters is 1. The molecular weight excluding hydrogens is 634 g/mol. The summed E-state index contributed by atoms with van der Waals surface area (Å²) < 4.78 is 5.24. The van der Waals surface area contributed by atoms with E-state index in [1.54, 1.807) is 40.1 Å². The van der Waals surface area contributed by atoms with E-state index in [1.165, 1.54) is 0 Å². The van der Waals surface area contributed by atoms with Crippen LogP contribution in [-0.4, -0.2) is 55.8 Å². The number of ether oxygens (including phenoxy) is 1. The monoisotopic (exact) mass is 683 g/mol. The second kappa shape index (κ2) is 14.7. The fraction of sp³-hybridized carbons (Fsp3) is 0.421. The van der Waals surface area contributed by atoms with Gasteiger partial charge < -0.3 is 30.7 Å². The Labute approximate surface area is 293 Å². The molecule has 2 aromatic heterocycles. The van der Waals surface area contributed by atoms with Crippen molar-refractivity contribution in [3.63, 3.8) is 0 Å². The summed E-state index contributed by atoms with van der Waals surface area (Å²) >= 11 is 0. The summed E-state index contributed by atoms with van der Waals surface area (Å²) in [5.41, 5.74) is 3.79. The Balaban J connectivity index is 1.47. The molecule has 5 N–H and O–H groups in total. The van der Waals surface area contributed by atoms with Gasteiger partial charge in [0.05, 0.1) is 35.9 Å². The summed E-state index contributed by atoms with van der Waals surface area (Å²) in [6.07, 6.45) is 3.44. The Kier molecular flexibility index (Phi) is 11.0. The molecule has 0 fully saturated rings. The number of H-pyrrole nitrogens is 2. The molecule has 3 amide bonds. The number of nitrogens with one attached hydrogen (secondary N) is 5. The normalized spacial score (nSPS) is 13.2. The fourth-order valence-corrected chi connectivity index (χ4v) is 5.29. The highest BCUT2D eigenvalue weighted by Crippen LogP contribution is 2.34. The van der Waals surface area contributed by atoms with E-state index in [0.717, 1.165) is 33.6 Å². The standard InChI is InChI=1S/C38H49N7O5/c1-11-39-32(46)33(47)44-28(36(2,3)4)30-40-20-26(42-30)24-16-12-22(13-17-24)23-14-18-25(19-15-23)27-21-41-31(43-27)29(37(5,6)7)45-34(48)35(49)50-38(8,9)10/h12-21,28-29H,11H2,1-10H3,(H,39,46)(H,40,42)(H,41,43)(H,44,47)(H,45,48). The topological polar surface area (TPSA) is 171 Å². The number of nitrogens with zero attached hydrogens (tertiary/aromatic N) is 2. The SMILES string of the molecule is CCNC(=O)C(=O)NC(c1ncc(-c2ccc(-c3ccc(-c4cnc(C(NC(=O)C(=O)OC(C)(C)C)C(C)(C)C)[nH]4)cc3)cc2)[nH]1)C(C)(C)C. The maximum Gasteiger partial charge on any atom is 0.397 e. The van der Waals surface area contributed by atoms with E-state index in [4.69, 9.17) is 4.74 Å². The van der Waals surface area contributed by atoms with Gasteiger partial charge in [-0.25, -0.2) is 14.8 Å². The molecule has 0 spiro atoms. The van der Waals surface area contributed by atoms with Crippen LogP contribution in [0.5, 0.6) is 0 Å². The van der Waals surface area contributed by atoms with Gasteiger partial charge in [0.2, 0.25) is 0 Å². The van der Waals surface area contributed by atoms with Crippen LogP contribution in [0.3, 0.4) is 0 Å². The van der Waals surface area contributed by atoms with Crippen LogP contribution in [0.25, 0.3) is 33.6 Å². The van der Waals surface area contributed by atoms with E-state index < -0.39 is 52.2 Å². The Morgan fingerprint density at radius 3 is 1.36 bits per heavy atom. The second-order valence-corrected chi connectivity index (χ2v) is 15.4. The van der Waals surface area contributed by atoms with Gasteiger partial charge in [0.15, 0.2) is 0 Å². The highest BCUT2D eigenvalue weighted by Gasteiger charge is 2.34. The summed E-state index contributed by atoms with van der Waals surface area (Å²) in [5, 5.41) is 8.13. The first-order valence-corrected chi connectivity index (χ1v) is 16.7. The molecule has 12 nitrogen and oxygen atoms in total. The van der Waals surface area contributed by atoms with Crippen LogP contribution >= 0.6 is 0 Å². The molecule has 0 aliphatic carbocycles. The minimum atomic E-state index is -0.939. The summed E-state index contributed by atoms with van der Waals surface area (Å²) in [5.74, 6) is -2.05. The lowest BCUT2D eigenvalue weighted by atomic mass is 9.86. The Hall–Kier alpha value is -5.26. The molecule has 12 heteroatoms. The molecule has 0 aliphatic rings. The number of benzene rings is 2. The predicted octanol–water partition coefficient (Wildman–Crippen LogP) is 6.02. The number of aromatic nitrogens is 4. The van der Waals surface area contributed by atoms with Crippen molar-refractivity contribution in [3.8, 4) is 33.6 Å². The lowest BCUT2D eigenvalue weighted by molar-refractivity contribution is -0.164. The maximum atomic E-state index is 12.7. The summed E-state index contributed by atoms with van der Waals surface area (Å²) in [6, 6.07) is 15.0. The van der Waals surface area contributed by atoms with Crippen molar-refractivity contribution < 1.29 is 23.9 Å². The van der Waals surface area contributed by atoms with Gasteiger partial charge in [0, 0.05) is 6.54 Å². The minimum absolute atomic E-state index is 0.364. The van der Waals surface area contributed by atoms with Crippen LogP contribution in [0.15, 0.2) is 60.9 Å². The number of amides is 3. The quantitative estimate of drug-likeness (QED) is 0.112. The first-order chi connectivity index (χ1) is 23.3. The van der Waals surface area contributed by atoms with Crippen LogP contribution in [0.4, 0.5) is 0 Å². The number of rotatable bonds is 8. The number of hydrogen-bond acceptors (Lipinski definition) is 7. The molecule has 4 rings (SSSR count). The number of likely N-dealkylation sites (N-methyl/N-ethyl adjacent to an activating group) is 1. The number of carbonyl (C=O) groups is 4. The Bertz CT molecular complexity index is 1820. The zero-order valence-corrected chi connectivity index (χ0v) is 30.6. The number of carbonyl (C=O) groups excluding carboxylic acids is 4. The van der Waals surface area contributed by atoms with Crippen molar-refractivity contribution in [1.82, 2.24) is 35.9 Å². The average Bonchev–Trinajstić information content (AvgIpc) is 3.71. The van der Waals surface area contributed by atoms with Gasteiger partial charge >= 0.3 is 23.7 Å². The summed E-state index contributed by atoms with van der Waals surface area (Å²) in [6.45, 7) is 19.0. The van der Waals surface area contributed by atoms with Crippen molar-refractivity contribution in [2.75, 3.05) is 6.54 Å². The van der Waals surface area contributed by atoms with E-state index in [-0.39, 0.29) is 0 Å². The van der Waals surface area contributed by atoms with E-state index in [0.29, 0.717) is 18.2 Å². The van der Waals surface area contributed by atoms with E-state index in [9.17, 15) is 19.2 Å². The van der Waals surface area contributed by atoms with Crippen LogP contribution in [0, 0.1) is 10.8 Å². The van der Waals surface area contributed by atoms with Gasteiger partial charge in [-0.2, -0.15) is 0 Å². The molecule has 0 aliphatic heterocycles. The van der Waals surface area contributed by atoms with Crippen molar-refractivity contribution in [2.24, 2.45) is 10.8 Å². The number of hydrogen-bond donors (Lipinski definition) is 5. The number of aromatic amines is 2. The molecule has 2 heterocycles. The van der Waals surface area contributed by atoms with Gasteiger partial charge in [-0.05, 0) is 60.8 Å². The van der Waals surface area contributed by atoms with E-state index in [1.807, 2.05) is 90.1 Å². The molecule has 0 saturated heterocycles. The molecule has 0 bridgehead atoms. The first-order valence-electron chi connectivity index (χ1n) is 16.7. The molecular formula is C38H49N7O5. The van der Waals surface area contributed by atoms with Gasteiger partial charge in [0.25, 0.3) is 0 Å². The summed E-state index contributed by atoms with van der Waals surface area (Å²) in [7, 11) is 0.